The highest BCUT2D eigenvalue weighted by molar-refractivity contribution is 5.75. The Morgan fingerprint density at radius 1 is 1.35 bits per heavy atom. The highest BCUT2D eigenvalue weighted by atomic mass is 16.5. The van der Waals surface area contributed by atoms with Crippen LogP contribution in [-0.2, 0) is 6.42 Å². The molecule has 0 fully saturated rings. The average Bonchev–Trinajstić information content (AvgIpc) is 2.52. The first-order valence-electron chi connectivity index (χ1n) is 7.39. The van der Waals surface area contributed by atoms with Crippen LogP contribution in [0.15, 0.2) is 20.1 Å². The van der Waals surface area contributed by atoms with E-state index in [2.05, 4.69) is 21.8 Å². The van der Waals surface area contributed by atoms with Gasteiger partial charge in [0.25, 0.3) is 5.56 Å². The first-order chi connectivity index (χ1) is 11.0. The molecule has 122 valence electrons. The normalized spacial score (nSPS) is 10.6. The van der Waals surface area contributed by atoms with E-state index < -0.39 is 11.2 Å². The molecule has 0 saturated carbocycles. The molecule has 0 saturated heterocycles. The largest absolute Gasteiger partial charge is 0.451 e. The smallest absolute Gasteiger partial charge is 0.337 e. The molecule has 2 rings (SSSR count). The van der Waals surface area contributed by atoms with E-state index in [1.807, 2.05) is 25.8 Å². The number of ether oxygens (including phenoxy) is 1. The van der Waals surface area contributed by atoms with Gasteiger partial charge in [0.05, 0.1) is 6.54 Å². The minimum atomic E-state index is -0.541. The second-order valence-electron chi connectivity index (χ2n) is 4.97. The molecule has 0 aliphatic rings. The SMILES string of the molecule is CCc1cc(=O)oc2nc(OCC#CCN(C)CC)[nH]c(=O)c12. The third-order valence-corrected chi connectivity index (χ3v) is 3.35. The first-order valence-corrected chi connectivity index (χ1v) is 7.39. The molecule has 2 heterocycles. The van der Waals surface area contributed by atoms with Crippen LogP contribution < -0.4 is 15.9 Å². The van der Waals surface area contributed by atoms with Crippen molar-refractivity contribution in [1.29, 1.82) is 0 Å². The molecular weight excluding hydrogens is 298 g/mol. The molecule has 2 aromatic rings. The van der Waals surface area contributed by atoms with E-state index >= 15 is 0 Å². The number of H-pyrrole nitrogens is 1. The summed E-state index contributed by atoms with van der Waals surface area (Å²) < 4.78 is 10.3. The second-order valence-corrected chi connectivity index (χ2v) is 4.97. The second kappa shape index (κ2) is 7.61. The number of aromatic amines is 1. The molecule has 0 unspecified atom stereocenters. The van der Waals surface area contributed by atoms with Gasteiger partial charge in [-0.3, -0.25) is 14.7 Å². The molecule has 0 amide bonds. The molecule has 1 N–H and O–H groups in total. The molecule has 23 heavy (non-hydrogen) atoms. The van der Waals surface area contributed by atoms with Gasteiger partial charge in [-0.15, -0.1) is 0 Å². The molecular formula is C16H19N3O4. The van der Waals surface area contributed by atoms with Crippen molar-refractivity contribution in [2.24, 2.45) is 0 Å². The maximum absolute atomic E-state index is 12.1. The highest BCUT2D eigenvalue weighted by Crippen LogP contribution is 2.13. The van der Waals surface area contributed by atoms with Gasteiger partial charge in [0.15, 0.2) is 6.61 Å². The van der Waals surface area contributed by atoms with E-state index in [0.29, 0.717) is 18.5 Å². The zero-order valence-electron chi connectivity index (χ0n) is 13.4. The highest BCUT2D eigenvalue weighted by Gasteiger charge is 2.11. The Labute approximate surface area is 133 Å². The van der Waals surface area contributed by atoms with Gasteiger partial charge < -0.3 is 9.15 Å². The van der Waals surface area contributed by atoms with Crippen molar-refractivity contribution in [1.82, 2.24) is 14.9 Å². The lowest BCUT2D eigenvalue weighted by molar-refractivity contribution is 0.337. The number of rotatable bonds is 5. The lowest BCUT2D eigenvalue weighted by Crippen LogP contribution is -2.17. The zero-order valence-corrected chi connectivity index (χ0v) is 13.4. The van der Waals surface area contributed by atoms with Crippen molar-refractivity contribution in [3.8, 4) is 17.9 Å². The third-order valence-electron chi connectivity index (χ3n) is 3.35. The molecule has 0 aliphatic carbocycles. The fourth-order valence-corrected chi connectivity index (χ4v) is 1.93. The summed E-state index contributed by atoms with van der Waals surface area (Å²) in [6.07, 6.45) is 0.531. The molecule has 0 atom stereocenters. The summed E-state index contributed by atoms with van der Waals surface area (Å²) in [7, 11) is 1.96. The van der Waals surface area contributed by atoms with Gasteiger partial charge in [0.2, 0.25) is 5.71 Å². The summed E-state index contributed by atoms with van der Waals surface area (Å²) in [5.41, 5.74) is -0.365. The third kappa shape index (κ3) is 4.20. The summed E-state index contributed by atoms with van der Waals surface area (Å²) in [5, 5.41) is 0.273. The van der Waals surface area contributed by atoms with Gasteiger partial charge >= 0.3 is 11.6 Å². The van der Waals surface area contributed by atoms with E-state index in [9.17, 15) is 9.59 Å². The van der Waals surface area contributed by atoms with E-state index in [0.717, 1.165) is 6.54 Å². The van der Waals surface area contributed by atoms with Crippen LogP contribution in [0.25, 0.3) is 11.1 Å². The molecule has 0 aliphatic heterocycles. The molecule has 0 bridgehead atoms. The number of hydrogen-bond acceptors (Lipinski definition) is 6. The summed E-state index contributed by atoms with van der Waals surface area (Å²) in [4.78, 5) is 32.2. The minimum absolute atomic E-state index is 0.0166. The van der Waals surface area contributed by atoms with E-state index in [1.165, 1.54) is 6.07 Å². The minimum Gasteiger partial charge on any atom is -0.451 e. The summed E-state index contributed by atoms with van der Waals surface area (Å²) in [6, 6.07) is 1.28. The molecule has 7 heteroatoms. The molecule has 7 nitrogen and oxygen atoms in total. The lowest BCUT2D eigenvalue weighted by Gasteiger charge is -2.07. The zero-order chi connectivity index (χ0) is 16.8. The van der Waals surface area contributed by atoms with Crippen molar-refractivity contribution in [3.05, 3.63) is 32.4 Å². The Balaban J connectivity index is 2.20. The molecule has 2 aromatic heterocycles. The fourth-order valence-electron chi connectivity index (χ4n) is 1.93. The predicted octanol–water partition coefficient (Wildman–Crippen LogP) is 0.773. The van der Waals surface area contributed by atoms with Crippen LogP contribution in [0, 0.1) is 11.8 Å². The van der Waals surface area contributed by atoms with Crippen LogP contribution in [0.4, 0.5) is 0 Å². The average molecular weight is 317 g/mol. The van der Waals surface area contributed by atoms with Crippen LogP contribution in [0.3, 0.4) is 0 Å². The van der Waals surface area contributed by atoms with Gasteiger partial charge in [-0.25, -0.2) is 4.79 Å². The van der Waals surface area contributed by atoms with Gasteiger partial charge in [-0.1, -0.05) is 25.7 Å². The molecule has 0 radical (unpaired) electrons. The fraction of sp³-hybridized carbons (Fsp3) is 0.438. The van der Waals surface area contributed by atoms with Gasteiger partial charge in [-0.05, 0) is 25.6 Å². The first kappa shape index (κ1) is 16.8. The van der Waals surface area contributed by atoms with Crippen LogP contribution >= 0.6 is 0 Å². The van der Waals surface area contributed by atoms with Gasteiger partial charge in [-0.2, -0.15) is 4.98 Å². The molecule has 0 aromatic carbocycles. The van der Waals surface area contributed by atoms with Crippen molar-refractivity contribution in [3.63, 3.8) is 0 Å². The predicted molar refractivity (Wildman–Crippen MR) is 86.7 cm³/mol. The molecule has 0 spiro atoms. The number of hydrogen-bond donors (Lipinski definition) is 1. The van der Waals surface area contributed by atoms with Crippen LogP contribution in [0.5, 0.6) is 6.01 Å². The Hall–Kier alpha value is -2.59. The Morgan fingerprint density at radius 2 is 2.13 bits per heavy atom. The monoisotopic (exact) mass is 317 g/mol. The summed E-state index contributed by atoms with van der Waals surface area (Å²) >= 11 is 0. The maximum Gasteiger partial charge on any atom is 0.337 e. The van der Waals surface area contributed by atoms with Crippen LogP contribution in [-0.4, -0.2) is 41.6 Å². The lowest BCUT2D eigenvalue weighted by atomic mass is 10.1. The number of aryl methyl sites for hydroxylation is 1. The number of nitrogens with zero attached hydrogens (tertiary/aromatic N) is 2. The Morgan fingerprint density at radius 3 is 2.83 bits per heavy atom. The number of aromatic nitrogens is 2. The van der Waals surface area contributed by atoms with Crippen molar-refractivity contribution in [2.75, 3.05) is 26.7 Å². The maximum atomic E-state index is 12.1. The number of fused-ring (bicyclic) bond motifs is 1. The van der Waals surface area contributed by atoms with Gasteiger partial charge in [0.1, 0.15) is 5.39 Å². The van der Waals surface area contributed by atoms with E-state index in [1.54, 1.807) is 0 Å². The van der Waals surface area contributed by atoms with Crippen molar-refractivity contribution < 1.29 is 9.15 Å². The van der Waals surface area contributed by atoms with Crippen molar-refractivity contribution in [2.45, 2.75) is 20.3 Å². The Kier molecular flexibility index (Phi) is 5.55. The summed E-state index contributed by atoms with van der Waals surface area (Å²) in [5.74, 6) is 5.78. The Bertz CT molecular complexity index is 857. The quantitative estimate of drug-likeness (QED) is 0.820. The van der Waals surface area contributed by atoms with Crippen LogP contribution in [0.1, 0.15) is 19.4 Å². The van der Waals surface area contributed by atoms with E-state index in [-0.39, 0.29) is 23.7 Å². The number of nitrogens with one attached hydrogen (secondary N) is 1. The van der Waals surface area contributed by atoms with E-state index in [4.69, 9.17) is 9.15 Å². The van der Waals surface area contributed by atoms with Crippen LogP contribution in [0.2, 0.25) is 0 Å². The van der Waals surface area contributed by atoms with Crippen molar-refractivity contribution >= 4 is 11.1 Å². The topological polar surface area (TPSA) is 88.4 Å². The standard InChI is InChI=1S/C16H19N3O4/c1-4-11-10-12(20)23-15-13(11)14(21)17-16(18-15)22-9-7-6-8-19(3)5-2/h10H,4-5,8-9H2,1-3H3,(H,17,18,21). The van der Waals surface area contributed by atoms with Gasteiger partial charge in [0, 0.05) is 6.07 Å². The summed E-state index contributed by atoms with van der Waals surface area (Å²) in [6.45, 7) is 5.52.